The molecule has 6 heteroatoms. The maximum Gasteiger partial charge on any atom is 0.408 e. The molecule has 0 spiro atoms. The molecule has 0 aliphatic carbocycles. The van der Waals surface area contributed by atoms with E-state index in [-0.39, 0.29) is 0 Å². The van der Waals surface area contributed by atoms with Crippen LogP contribution in [0.2, 0.25) is 0 Å². The first-order chi connectivity index (χ1) is 11.6. The summed E-state index contributed by atoms with van der Waals surface area (Å²) in [4.78, 5) is 16.5. The highest BCUT2D eigenvalue weighted by Crippen LogP contribution is 2.18. The monoisotopic (exact) mass is 348 g/mol. The molecule has 0 heterocycles. The lowest BCUT2D eigenvalue weighted by Crippen LogP contribution is -2.52. The molecule has 1 aromatic rings. The van der Waals surface area contributed by atoms with Gasteiger partial charge in [0.05, 0.1) is 12.1 Å². The molecule has 1 amide bonds. The zero-order chi connectivity index (χ0) is 19.1. The molecule has 4 N–H and O–H groups in total. The molecule has 0 aliphatic heterocycles. The summed E-state index contributed by atoms with van der Waals surface area (Å²) in [5.74, 6) is 0.320. The Labute approximate surface area is 151 Å². The summed E-state index contributed by atoms with van der Waals surface area (Å²) in [5, 5.41) is 6.03. The van der Waals surface area contributed by atoms with Crippen LogP contribution in [0.1, 0.15) is 53.0 Å². The SMILES string of the molecule is CCC(CC)(CN=C(N)Nc1ccc(C)cc1)NC(=O)OC(C)(C)C. The van der Waals surface area contributed by atoms with Crippen LogP contribution in [0.5, 0.6) is 0 Å². The highest BCUT2D eigenvalue weighted by Gasteiger charge is 2.30. The van der Waals surface area contributed by atoms with E-state index in [0.29, 0.717) is 12.5 Å². The summed E-state index contributed by atoms with van der Waals surface area (Å²) in [6, 6.07) is 7.90. The lowest BCUT2D eigenvalue weighted by Gasteiger charge is -2.32. The van der Waals surface area contributed by atoms with E-state index in [4.69, 9.17) is 10.5 Å². The molecular weight excluding hydrogens is 316 g/mol. The molecule has 0 radical (unpaired) electrons. The Kier molecular flexibility index (Phi) is 7.27. The predicted molar refractivity (Wildman–Crippen MR) is 104 cm³/mol. The first-order valence-electron chi connectivity index (χ1n) is 8.74. The van der Waals surface area contributed by atoms with Crippen LogP contribution in [0.4, 0.5) is 10.5 Å². The maximum absolute atomic E-state index is 12.1. The van der Waals surface area contributed by atoms with Gasteiger partial charge in [0.2, 0.25) is 0 Å². The Balaban J connectivity index is 2.75. The van der Waals surface area contributed by atoms with E-state index in [9.17, 15) is 4.79 Å². The Morgan fingerprint density at radius 2 is 1.72 bits per heavy atom. The van der Waals surface area contributed by atoms with Crippen molar-refractivity contribution in [3.63, 3.8) is 0 Å². The number of anilines is 1. The minimum atomic E-state index is -0.535. The van der Waals surface area contributed by atoms with Crippen LogP contribution in [0.3, 0.4) is 0 Å². The molecule has 0 unspecified atom stereocenters. The highest BCUT2D eigenvalue weighted by atomic mass is 16.6. The fourth-order valence-electron chi connectivity index (χ4n) is 2.27. The van der Waals surface area contributed by atoms with Gasteiger partial charge in [0.15, 0.2) is 5.96 Å². The Morgan fingerprint density at radius 1 is 1.16 bits per heavy atom. The van der Waals surface area contributed by atoms with Gasteiger partial charge in [0.25, 0.3) is 0 Å². The fraction of sp³-hybridized carbons (Fsp3) is 0.579. The molecular formula is C19H32N4O2. The number of rotatable bonds is 6. The van der Waals surface area contributed by atoms with Gasteiger partial charge in [-0.05, 0) is 52.7 Å². The van der Waals surface area contributed by atoms with E-state index < -0.39 is 17.2 Å². The van der Waals surface area contributed by atoms with Crippen LogP contribution in [0, 0.1) is 6.92 Å². The van der Waals surface area contributed by atoms with Crippen molar-refractivity contribution in [3.05, 3.63) is 29.8 Å². The second-order valence-electron chi connectivity index (χ2n) is 7.31. The number of carbonyl (C=O) groups excluding carboxylic acids is 1. The van der Waals surface area contributed by atoms with Crippen molar-refractivity contribution in [1.82, 2.24) is 5.32 Å². The van der Waals surface area contributed by atoms with Crippen LogP contribution < -0.4 is 16.4 Å². The zero-order valence-corrected chi connectivity index (χ0v) is 16.3. The van der Waals surface area contributed by atoms with Crippen molar-refractivity contribution in [3.8, 4) is 0 Å². The quantitative estimate of drug-likeness (QED) is 0.539. The van der Waals surface area contributed by atoms with E-state index in [1.807, 2.05) is 65.8 Å². The third-order valence-electron chi connectivity index (χ3n) is 4.00. The Morgan fingerprint density at radius 3 is 2.20 bits per heavy atom. The summed E-state index contributed by atoms with van der Waals surface area (Å²) < 4.78 is 5.37. The number of hydrogen-bond donors (Lipinski definition) is 3. The lowest BCUT2D eigenvalue weighted by molar-refractivity contribution is 0.0452. The van der Waals surface area contributed by atoms with E-state index >= 15 is 0 Å². The molecule has 25 heavy (non-hydrogen) atoms. The third kappa shape index (κ3) is 7.45. The predicted octanol–water partition coefficient (Wildman–Crippen LogP) is 3.81. The molecule has 0 atom stereocenters. The molecule has 1 aromatic carbocycles. The summed E-state index contributed by atoms with van der Waals surface area (Å²) in [7, 11) is 0. The standard InChI is InChI=1S/C19H32N4O2/c1-7-19(8-2,23-17(24)25-18(4,5)6)13-21-16(20)22-15-11-9-14(3)10-12-15/h9-12H,7-8,13H2,1-6H3,(H,23,24)(H3,20,21,22). The average molecular weight is 348 g/mol. The number of guanidine groups is 1. The number of amides is 1. The minimum absolute atomic E-state index is 0.320. The number of ether oxygens (including phenoxy) is 1. The number of carbonyl (C=O) groups is 1. The summed E-state index contributed by atoms with van der Waals surface area (Å²) in [5.41, 5.74) is 7.03. The fourth-order valence-corrected chi connectivity index (χ4v) is 2.27. The minimum Gasteiger partial charge on any atom is -0.444 e. The molecule has 0 saturated carbocycles. The summed E-state index contributed by atoms with van der Waals surface area (Å²) in [6.45, 7) is 12.0. The van der Waals surface area contributed by atoms with Gasteiger partial charge >= 0.3 is 6.09 Å². The first-order valence-corrected chi connectivity index (χ1v) is 8.74. The lowest BCUT2D eigenvalue weighted by atomic mass is 9.93. The molecule has 0 fully saturated rings. The van der Waals surface area contributed by atoms with Gasteiger partial charge in [0, 0.05) is 5.69 Å². The van der Waals surface area contributed by atoms with Gasteiger partial charge in [-0.3, -0.25) is 4.99 Å². The zero-order valence-electron chi connectivity index (χ0n) is 16.3. The van der Waals surface area contributed by atoms with Crippen molar-refractivity contribution < 1.29 is 9.53 Å². The van der Waals surface area contributed by atoms with Crippen molar-refractivity contribution in [2.75, 3.05) is 11.9 Å². The van der Waals surface area contributed by atoms with E-state index in [2.05, 4.69) is 15.6 Å². The molecule has 0 aromatic heterocycles. The van der Waals surface area contributed by atoms with Gasteiger partial charge in [-0.25, -0.2) is 4.79 Å². The smallest absolute Gasteiger partial charge is 0.408 e. The normalized spacial score (nSPS) is 12.6. The van der Waals surface area contributed by atoms with Crippen LogP contribution in [-0.2, 0) is 4.74 Å². The molecule has 0 bridgehead atoms. The van der Waals surface area contributed by atoms with E-state index in [0.717, 1.165) is 18.5 Å². The number of alkyl carbamates (subject to hydrolysis) is 1. The second kappa shape index (κ2) is 8.74. The van der Waals surface area contributed by atoms with Crippen LogP contribution in [0.15, 0.2) is 29.3 Å². The van der Waals surface area contributed by atoms with Crippen molar-refractivity contribution >= 4 is 17.7 Å². The van der Waals surface area contributed by atoms with Crippen LogP contribution >= 0.6 is 0 Å². The molecule has 140 valence electrons. The van der Waals surface area contributed by atoms with Crippen LogP contribution in [0.25, 0.3) is 0 Å². The molecule has 0 aliphatic rings. The summed E-state index contributed by atoms with van der Waals surface area (Å²) in [6.07, 6.45) is 1.02. The number of benzene rings is 1. The number of nitrogens with one attached hydrogen (secondary N) is 2. The number of hydrogen-bond acceptors (Lipinski definition) is 3. The molecule has 6 nitrogen and oxygen atoms in total. The number of aliphatic imine (C=N–C) groups is 1. The van der Waals surface area contributed by atoms with Gasteiger partial charge in [-0.2, -0.15) is 0 Å². The van der Waals surface area contributed by atoms with E-state index in [1.165, 1.54) is 5.56 Å². The summed E-state index contributed by atoms with van der Waals surface area (Å²) >= 11 is 0. The van der Waals surface area contributed by atoms with Crippen molar-refractivity contribution in [2.45, 2.75) is 65.5 Å². The maximum atomic E-state index is 12.1. The molecule has 0 saturated heterocycles. The Bertz CT molecular complexity index is 584. The number of aryl methyl sites for hydroxylation is 1. The van der Waals surface area contributed by atoms with Crippen molar-refractivity contribution in [1.29, 1.82) is 0 Å². The number of nitrogens with zero attached hydrogens (tertiary/aromatic N) is 1. The van der Waals surface area contributed by atoms with Gasteiger partial charge < -0.3 is 21.1 Å². The van der Waals surface area contributed by atoms with E-state index in [1.54, 1.807) is 0 Å². The van der Waals surface area contributed by atoms with Crippen molar-refractivity contribution in [2.24, 2.45) is 10.7 Å². The highest BCUT2D eigenvalue weighted by molar-refractivity contribution is 5.92. The topological polar surface area (TPSA) is 88.7 Å². The van der Waals surface area contributed by atoms with Gasteiger partial charge in [0.1, 0.15) is 5.60 Å². The Hall–Kier alpha value is -2.24. The van der Waals surface area contributed by atoms with Crippen LogP contribution in [-0.4, -0.2) is 29.7 Å². The average Bonchev–Trinajstić information content (AvgIpc) is 2.52. The second-order valence-corrected chi connectivity index (χ2v) is 7.31. The van der Waals surface area contributed by atoms with Gasteiger partial charge in [-0.15, -0.1) is 0 Å². The number of nitrogens with two attached hydrogens (primary N) is 1. The first kappa shape index (κ1) is 20.8. The van der Waals surface area contributed by atoms with Gasteiger partial charge in [-0.1, -0.05) is 31.5 Å². The third-order valence-corrected chi connectivity index (χ3v) is 4.00. The largest absolute Gasteiger partial charge is 0.444 e. The molecule has 1 rings (SSSR count).